The summed E-state index contributed by atoms with van der Waals surface area (Å²) in [6, 6.07) is 5.20. The number of amides is 1. The van der Waals surface area contributed by atoms with Crippen LogP contribution >= 0.6 is 14.4 Å². The lowest BCUT2D eigenvalue weighted by molar-refractivity contribution is -0.140. The van der Waals surface area contributed by atoms with E-state index < -0.39 is 37.4 Å². The first-order chi connectivity index (χ1) is 12.4. The van der Waals surface area contributed by atoms with E-state index in [1.807, 2.05) is 6.92 Å². The van der Waals surface area contributed by atoms with Gasteiger partial charge in [0.25, 0.3) is 0 Å². The fourth-order valence-electron chi connectivity index (χ4n) is 3.72. The Balaban J connectivity index is 1.95. The number of carboxylic acids is 1. The molecule has 2 unspecified atom stereocenters. The van der Waals surface area contributed by atoms with E-state index in [0.717, 1.165) is 15.3 Å². The number of carbonyl (C=O) groups is 2. The summed E-state index contributed by atoms with van der Waals surface area (Å²) in [4.78, 5) is 24.7. The third kappa shape index (κ3) is 2.78. The summed E-state index contributed by atoms with van der Waals surface area (Å²) in [5, 5.41) is 9.69. The minimum Gasteiger partial charge on any atom is -0.479 e. The van der Waals surface area contributed by atoms with Gasteiger partial charge in [0.2, 0.25) is 12.6 Å². The van der Waals surface area contributed by atoms with Crippen LogP contribution in [0.15, 0.2) is 18.2 Å². The highest BCUT2D eigenvalue weighted by Crippen LogP contribution is 2.81. The van der Waals surface area contributed by atoms with Gasteiger partial charge in [-0.25, -0.2) is 14.3 Å². The Morgan fingerprint density at radius 3 is 2.26 bits per heavy atom. The number of aliphatic carboxylic acids is 1. The maximum Gasteiger partial charge on any atom is 0.417 e. The second-order valence-electron chi connectivity index (χ2n) is 7.99. The number of nitrogens with zero attached hydrogens (tertiary/aromatic N) is 1. The van der Waals surface area contributed by atoms with Gasteiger partial charge in [-0.1, -0.05) is 26.0 Å². The Morgan fingerprint density at radius 2 is 1.78 bits per heavy atom. The molecule has 1 amide bonds. The second-order valence-corrected chi connectivity index (χ2v) is 14.2. The van der Waals surface area contributed by atoms with Gasteiger partial charge in [-0.05, 0) is 32.4 Å². The predicted octanol–water partition coefficient (Wildman–Crippen LogP) is 3.21. The largest absolute Gasteiger partial charge is 0.479 e. The van der Waals surface area contributed by atoms with Crippen LogP contribution in [0.5, 0.6) is 0 Å². The highest BCUT2D eigenvalue weighted by atomic mass is 31.2. The molecule has 2 aliphatic rings. The van der Waals surface area contributed by atoms with Crippen LogP contribution in [0.4, 0.5) is 4.79 Å². The van der Waals surface area contributed by atoms with Gasteiger partial charge in [-0.2, -0.15) is 0 Å². The van der Waals surface area contributed by atoms with Crippen molar-refractivity contribution < 1.29 is 28.6 Å². The van der Waals surface area contributed by atoms with Crippen LogP contribution in [0.25, 0.3) is 0 Å². The molecule has 0 spiro atoms. The zero-order chi connectivity index (χ0) is 20.4. The normalized spacial score (nSPS) is 31.2. The summed E-state index contributed by atoms with van der Waals surface area (Å²) in [5.41, 5.74) is -0.212. The fourth-order valence-corrected chi connectivity index (χ4v) is 9.31. The lowest BCUT2D eigenvalue weighted by Gasteiger charge is -2.20. The Hall–Kier alpha value is -1.58. The van der Waals surface area contributed by atoms with Crippen LogP contribution in [0.1, 0.15) is 40.2 Å². The second kappa shape index (κ2) is 5.96. The summed E-state index contributed by atoms with van der Waals surface area (Å²) >= 11 is 0. The van der Waals surface area contributed by atoms with Gasteiger partial charge in [-0.15, -0.1) is 0 Å². The molecule has 1 N–H and O–H groups in total. The van der Waals surface area contributed by atoms with E-state index >= 15 is 0 Å². The lowest BCUT2D eigenvalue weighted by atomic mass is 10.1. The van der Waals surface area contributed by atoms with Gasteiger partial charge in [0.05, 0.1) is 0 Å². The molecule has 0 aliphatic carbocycles. The molecule has 2 heterocycles. The van der Waals surface area contributed by atoms with E-state index in [4.69, 9.17) is 4.74 Å². The highest BCUT2D eigenvalue weighted by Gasteiger charge is 2.80. The van der Waals surface area contributed by atoms with Crippen LogP contribution in [-0.4, -0.2) is 45.0 Å². The predicted molar refractivity (Wildman–Crippen MR) is 104 cm³/mol. The highest BCUT2D eigenvalue weighted by molar-refractivity contribution is 7.89. The zero-order valence-corrected chi connectivity index (χ0v) is 18.0. The van der Waals surface area contributed by atoms with Crippen molar-refractivity contribution in [3.05, 3.63) is 23.8 Å². The SMILES string of the molecule is CCP1(=O)c2ccc(C[C@@]3(C(=O)O)N(C(=O)OC(C)(C)C)P3(=O)CC)cc21. The van der Waals surface area contributed by atoms with Crippen molar-refractivity contribution in [3.8, 4) is 0 Å². The molecule has 2 aliphatic heterocycles. The Bertz CT molecular complexity index is 934. The topological polar surface area (TPSA) is 101 Å². The first kappa shape index (κ1) is 20.2. The summed E-state index contributed by atoms with van der Waals surface area (Å²) in [6.07, 6.45) is -0.380. The molecule has 9 heteroatoms. The zero-order valence-electron chi connectivity index (χ0n) is 16.2. The molecule has 1 aromatic rings. The molecule has 3 rings (SSSR count). The first-order valence-electron chi connectivity index (χ1n) is 8.97. The van der Waals surface area contributed by atoms with Crippen molar-refractivity contribution in [1.29, 1.82) is 0 Å². The van der Waals surface area contributed by atoms with E-state index in [1.165, 1.54) is 0 Å². The van der Waals surface area contributed by atoms with Crippen molar-refractivity contribution in [2.75, 3.05) is 12.3 Å². The number of carbonyl (C=O) groups excluding carboxylic acids is 1. The number of carboxylic acid groups (broad SMARTS) is 1. The van der Waals surface area contributed by atoms with E-state index in [-0.39, 0.29) is 12.6 Å². The average molecular weight is 413 g/mol. The van der Waals surface area contributed by atoms with E-state index in [2.05, 4.69) is 0 Å². The number of ether oxygens (including phenoxy) is 1. The summed E-state index contributed by atoms with van der Waals surface area (Å²) in [6.45, 7) is 8.48. The smallest absolute Gasteiger partial charge is 0.417 e. The van der Waals surface area contributed by atoms with Crippen molar-refractivity contribution in [2.45, 2.75) is 51.9 Å². The molecule has 1 saturated heterocycles. The molecule has 0 saturated carbocycles. The van der Waals surface area contributed by atoms with Crippen LogP contribution in [0, 0.1) is 0 Å². The van der Waals surface area contributed by atoms with Crippen molar-refractivity contribution in [1.82, 2.24) is 4.67 Å². The molecule has 1 fully saturated rings. The van der Waals surface area contributed by atoms with E-state index in [1.54, 1.807) is 45.9 Å². The number of hydrogen-bond donors (Lipinski definition) is 1. The molecule has 0 radical (unpaired) electrons. The third-order valence-corrected chi connectivity index (χ3v) is 11.7. The van der Waals surface area contributed by atoms with Crippen molar-refractivity contribution in [2.24, 2.45) is 0 Å². The maximum absolute atomic E-state index is 13.3. The summed E-state index contributed by atoms with van der Waals surface area (Å²) in [7, 11) is -5.87. The van der Waals surface area contributed by atoms with Gasteiger partial charge in [-0.3, -0.25) is 4.57 Å². The van der Waals surface area contributed by atoms with Gasteiger partial charge in [0, 0.05) is 29.4 Å². The molecule has 7 nitrogen and oxygen atoms in total. The minimum atomic E-state index is -3.46. The van der Waals surface area contributed by atoms with Crippen molar-refractivity contribution >= 4 is 37.1 Å². The van der Waals surface area contributed by atoms with Gasteiger partial charge in [0.1, 0.15) is 12.7 Å². The minimum absolute atomic E-state index is 0.0525. The van der Waals surface area contributed by atoms with Gasteiger partial charge < -0.3 is 14.4 Å². The number of rotatable bonds is 5. The lowest BCUT2D eigenvalue weighted by Crippen LogP contribution is -2.37. The number of fused-ring (bicyclic) bond motifs is 1. The van der Waals surface area contributed by atoms with Crippen LogP contribution < -0.4 is 10.6 Å². The molecular formula is C18H25NO6P2. The molecule has 3 atom stereocenters. The standard InChI is InChI=1S/C18H25NO6P2/c1-6-26(23)13-9-8-12(10-14(13)26)11-18(15(20)21)19(27(18,24)7-2)16(22)25-17(3,4)5/h8-10H,6-7,11H2,1-5H3,(H,20,21)/t18-,19?,26?,27?/m1/s1. The molecular weight excluding hydrogens is 388 g/mol. The monoisotopic (exact) mass is 413 g/mol. The Morgan fingerprint density at radius 1 is 1.15 bits per heavy atom. The maximum atomic E-state index is 13.3. The molecule has 0 bridgehead atoms. The summed E-state index contributed by atoms with van der Waals surface area (Å²) < 4.78 is 32.1. The quantitative estimate of drug-likeness (QED) is 0.588. The number of hydrogen-bond acceptors (Lipinski definition) is 5. The van der Waals surface area contributed by atoms with Crippen LogP contribution in [0.3, 0.4) is 0 Å². The van der Waals surface area contributed by atoms with E-state index in [0.29, 0.717) is 11.7 Å². The van der Waals surface area contributed by atoms with Gasteiger partial charge in [0.15, 0.2) is 0 Å². The molecule has 1 aromatic carbocycles. The van der Waals surface area contributed by atoms with E-state index in [9.17, 15) is 23.8 Å². The van der Waals surface area contributed by atoms with Crippen LogP contribution in [0.2, 0.25) is 0 Å². The third-order valence-electron chi connectivity index (χ3n) is 5.21. The molecule has 148 valence electrons. The van der Waals surface area contributed by atoms with Crippen molar-refractivity contribution in [3.63, 3.8) is 0 Å². The molecule has 27 heavy (non-hydrogen) atoms. The Labute approximate surface area is 158 Å². The Kier molecular flexibility index (Phi) is 4.45. The summed E-state index contributed by atoms with van der Waals surface area (Å²) in [5.74, 6) is -1.30. The first-order valence-corrected chi connectivity index (χ1v) is 12.7. The fraction of sp³-hybridized carbons (Fsp3) is 0.556. The number of benzene rings is 1. The average Bonchev–Trinajstić information content (AvgIpc) is 3.36. The molecule has 0 aromatic heterocycles. The van der Waals surface area contributed by atoms with Crippen LogP contribution in [-0.2, 0) is 25.1 Å². The van der Waals surface area contributed by atoms with Gasteiger partial charge >= 0.3 is 12.1 Å².